The Balaban J connectivity index is 1.42. The molecule has 0 aliphatic carbocycles. The zero-order chi connectivity index (χ0) is 31.3. The Morgan fingerprint density at radius 1 is 0.932 bits per heavy atom. The molecule has 0 radical (unpaired) electrons. The van der Waals surface area contributed by atoms with Crippen molar-refractivity contribution in [3.8, 4) is 0 Å². The summed E-state index contributed by atoms with van der Waals surface area (Å²) in [5.74, 6) is -0.354. The number of rotatable bonds is 14. The Bertz CT molecular complexity index is 1330. The lowest BCUT2D eigenvalue weighted by atomic mass is 9.94. The van der Waals surface area contributed by atoms with Crippen LogP contribution in [0.3, 0.4) is 0 Å². The van der Waals surface area contributed by atoms with Crippen LogP contribution in [0.15, 0.2) is 78.9 Å². The molecule has 1 atom stereocenters. The summed E-state index contributed by atoms with van der Waals surface area (Å²) in [6.45, 7) is 4.29. The van der Waals surface area contributed by atoms with Crippen molar-refractivity contribution in [1.29, 1.82) is 0 Å². The summed E-state index contributed by atoms with van der Waals surface area (Å²) in [7, 11) is 1.41. The van der Waals surface area contributed by atoms with Gasteiger partial charge in [-0.05, 0) is 48.6 Å². The molecule has 0 saturated carbocycles. The number of nitrogens with one attached hydrogen (secondary N) is 3. The SMILES string of the molecule is CCCCCCCNC(=O)Nc1ccc(N(C)S(=O)[O-])cc1C(=O)NC1CCN(C(c2ccccc2)c2ccccc2)CC1. The van der Waals surface area contributed by atoms with Gasteiger partial charge >= 0.3 is 6.03 Å². The molecule has 3 aromatic carbocycles. The van der Waals surface area contributed by atoms with Crippen molar-refractivity contribution >= 4 is 34.6 Å². The number of amides is 3. The maximum atomic E-state index is 13.6. The second-order valence-corrected chi connectivity index (χ2v) is 12.2. The molecule has 4 rings (SSSR count). The van der Waals surface area contributed by atoms with Crippen LogP contribution in [0, 0.1) is 0 Å². The first kappa shape index (κ1) is 33.2. The smallest absolute Gasteiger partial charge is 0.319 e. The number of carbonyl (C=O) groups is 2. The lowest BCUT2D eigenvalue weighted by Gasteiger charge is -2.38. The molecule has 3 N–H and O–H groups in total. The van der Waals surface area contributed by atoms with Crippen molar-refractivity contribution in [3.63, 3.8) is 0 Å². The summed E-state index contributed by atoms with van der Waals surface area (Å²) >= 11 is -2.51. The first-order valence-corrected chi connectivity index (χ1v) is 16.6. The zero-order valence-corrected chi connectivity index (χ0v) is 26.5. The van der Waals surface area contributed by atoms with Crippen LogP contribution >= 0.6 is 0 Å². The van der Waals surface area contributed by atoms with E-state index in [1.54, 1.807) is 12.1 Å². The number of urea groups is 1. The van der Waals surface area contributed by atoms with E-state index in [9.17, 15) is 18.4 Å². The van der Waals surface area contributed by atoms with E-state index in [1.807, 2.05) is 12.1 Å². The summed E-state index contributed by atoms with van der Waals surface area (Å²) < 4.78 is 24.3. The highest BCUT2D eigenvalue weighted by molar-refractivity contribution is 7.80. The second kappa shape index (κ2) is 16.9. The van der Waals surface area contributed by atoms with E-state index in [-0.39, 0.29) is 23.6 Å². The summed E-state index contributed by atoms with van der Waals surface area (Å²) in [5, 5.41) is 8.80. The Labute approximate surface area is 263 Å². The van der Waals surface area contributed by atoms with Gasteiger partial charge in [0, 0.05) is 49.7 Å². The van der Waals surface area contributed by atoms with Gasteiger partial charge in [-0.25, -0.2) is 4.79 Å². The molecule has 0 aromatic heterocycles. The van der Waals surface area contributed by atoms with E-state index >= 15 is 0 Å². The normalized spacial score (nSPS) is 14.6. The van der Waals surface area contributed by atoms with Crippen LogP contribution < -0.4 is 20.3 Å². The van der Waals surface area contributed by atoms with Crippen molar-refractivity contribution in [2.45, 2.75) is 64.0 Å². The lowest BCUT2D eigenvalue weighted by molar-refractivity contribution is 0.0901. The first-order valence-electron chi connectivity index (χ1n) is 15.5. The molecular weight excluding hydrogens is 574 g/mol. The largest absolute Gasteiger partial charge is 0.755 e. The highest BCUT2D eigenvalue weighted by atomic mass is 32.2. The van der Waals surface area contributed by atoms with E-state index in [0.717, 1.165) is 55.9 Å². The fraction of sp³-hybridized carbons (Fsp3) is 0.412. The minimum atomic E-state index is -2.51. The predicted octanol–water partition coefficient (Wildman–Crippen LogP) is 5.99. The molecule has 236 valence electrons. The van der Waals surface area contributed by atoms with Gasteiger partial charge < -0.3 is 24.8 Å². The number of nitrogens with zero attached hydrogens (tertiary/aromatic N) is 2. The van der Waals surface area contributed by atoms with Crippen molar-refractivity contribution in [2.24, 2.45) is 0 Å². The fourth-order valence-electron chi connectivity index (χ4n) is 5.66. The molecule has 44 heavy (non-hydrogen) atoms. The summed E-state index contributed by atoms with van der Waals surface area (Å²) in [5.41, 5.74) is 3.33. The highest BCUT2D eigenvalue weighted by Crippen LogP contribution is 2.31. The fourth-order valence-corrected chi connectivity index (χ4v) is 5.94. The molecule has 0 spiro atoms. The van der Waals surface area contributed by atoms with Crippen molar-refractivity contribution in [2.75, 3.05) is 36.3 Å². The Morgan fingerprint density at radius 2 is 1.55 bits per heavy atom. The third-order valence-corrected chi connectivity index (χ3v) is 8.77. The van der Waals surface area contributed by atoms with E-state index in [1.165, 1.54) is 30.7 Å². The molecule has 9 nitrogen and oxygen atoms in total. The van der Waals surface area contributed by atoms with Gasteiger partial charge in [0.15, 0.2) is 0 Å². The minimum absolute atomic E-state index is 0.0641. The number of likely N-dealkylation sites (tertiary alicyclic amines) is 1. The first-order chi connectivity index (χ1) is 21.4. The Morgan fingerprint density at radius 3 is 2.14 bits per heavy atom. The van der Waals surface area contributed by atoms with Crippen LogP contribution in [0.5, 0.6) is 0 Å². The quantitative estimate of drug-likeness (QED) is 0.152. The van der Waals surface area contributed by atoms with E-state index in [4.69, 9.17) is 0 Å². The van der Waals surface area contributed by atoms with Crippen LogP contribution in [-0.4, -0.2) is 58.3 Å². The highest BCUT2D eigenvalue weighted by Gasteiger charge is 2.28. The van der Waals surface area contributed by atoms with Crippen molar-refractivity contribution < 1.29 is 18.4 Å². The molecule has 10 heteroatoms. The standard InChI is InChI=1S/C34H45N5O4S/c1-3-4-5-6-13-22-35-34(41)37-31-19-18-29(38(2)44(42)43)25-30(31)33(40)36-28-20-23-39(24-21-28)32(26-14-9-7-10-15-26)27-16-11-8-12-17-27/h7-12,14-19,25,28,32H,3-6,13,20-24H2,1-2H3,(H,36,40)(H,42,43)(H2,35,37,41)/p-1. The second-order valence-electron chi connectivity index (χ2n) is 11.2. The number of hydrogen-bond donors (Lipinski definition) is 3. The van der Waals surface area contributed by atoms with Gasteiger partial charge in [-0.2, -0.15) is 0 Å². The van der Waals surface area contributed by atoms with Gasteiger partial charge in [-0.3, -0.25) is 13.9 Å². The Hall–Kier alpha value is -3.73. The molecule has 1 aliphatic heterocycles. The third kappa shape index (κ3) is 9.38. The molecule has 1 fully saturated rings. The predicted molar refractivity (Wildman–Crippen MR) is 176 cm³/mol. The van der Waals surface area contributed by atoms with Gasteiger partial charge in [0.2, 0.25) is 0 Å². The summed E-state index contributed by atoms with van der Waals surface area (Å²) in [4.78, 5) is 28.7. The summed E-state index contributed by atoms with van der Waals surface area (Å²) in [6, 6.07) is 25.2. The van der Waals surface area contributed by atoms with Crippen LogP contribution in [0.2, 0.25) is 0 Å². The number of unbranched alkanes of at least 4 members (excludes halogenated alkanes) is 4. The molecular formula is C34H44N5O4S-. The van der Waals surface area contributed by atoms with E-state index in [2.05, 4.69) is 76.3 Å². The molecule has 1 saturated heterocycles. The monoisotopic (exact) mass is 618 g/mol. The number of piperidine rings is 1. The lowest BCUT2D eigenvalue weighted by Crippen LogP contribution is -2.46. The third-order valence-electron chi connectivity index (χ3n) is 8.11. The van der Waals surface area contributed by atoms with E-state index in [0.29, 0.717) is 17.9 Å². The van der Waals surface area contributed by atoms with Crippen LogP contribution in [0.25, 0.3) is 0 Å². The zero-order valence-electron chi connectivity index (χ0n) is 25.7. The Kier molecular flexibility index (Phi) is 12.8. The van der Waals surface area contributed by atoms with Crippen molar-refractivity contribution in [1.82, 2.24) is 15.5 Å². The van der Waals surface area contributed by atoms with Gasteiger partial charge in [0.25, 0.3) is 5.91 Å². The number of anilines is 2. The molecule has 3 amide bonds. The molecule has 1 unspecified atom stereocenters. The maximum absolute atomic E-state index is 13.6. The van der Waals surface area contributed by atoms with Crippen molar-refractivity contribution in [3.05, 3.63) is 95.6 Å². The number of carbonyl (C=O) groups excluding carboxylic acids is 2. The van der Waals surface area contributed by atoms with Crippen LogP contribution in [-0.2, 0) is 11.3 Å². The molecule has 0 bridgehead atoms. The summed E-state index contributed by atoms with van der Waals surface area (Å²) in [6.07, 6.45) is 6.92. The van der Waals surface area contributed by atoms with Crippen LogP contribution in [0.1, 0.15) is 79.4 Å². The van der Waals surface area contributed by atoms with Crippen LogP contribution in [0.4, 0.5) is 16.2 Å². The van der Waals surface area contributed by atoms with Gasteiger partial charge in [0.05, 0.1) is 17.3 Å². The average molecular weight is 619 g/mol. The number of hydrogen-bond acceptors (Lipinski definition) is 5. The van der Waals surface area contributed by atoms with Gasteiger partial charge in [-0.1, -0.05) is 93.3 Å². The molecule has 1 heterocycles. The minimum Gasteiger partial charge on any atom is -0.755 e. The van der Waals surface area contributed by atoms with Gasteiger partial charge in [0.1, 0.15) is 0 Å². The topological polar surface area (TPSA) is 117 Å². The van der Waals surface area contributed by atoms with Gasteiger partial charge in [-0.15, -0.1) is 0 Å². The van der Waals surface area contributed by atoms with E-state index < -0.39 is 17.3 Å². The molecule has 3 aromatic rings. The average Bonchev–Trinajstić information content (AvgIpc) is 3.04. The number of benzene rings is 3. The maximum Gasteiger partial charge on any atom is 0.319 e. The molecule has 1 aliphatic rings.